The second-order valence-electron chi connectivity index (χ2n) is 17.9. The summed E-state index contributed by atoms with van der Waals surface area (Å²) in [6, 6.07) is 49.3. The normalized spacial score (nSPS) is 15.8. The number of hydrogen-bond donors (Lipinski definition) is 0. The average Bonchev–Trinajstić information content (AvgIpc) is 4.10. The van der Waals surface area contributed by atoms with Crippen LogP contribution in [0.3, 0.4) is 0 Å². The van der Waals surface area contributed by atoms with Gasteiger partial charge in [0.1, 0.15) is 10.0 Å². The van der Waals surface area contributed by atoms with Crippen LogP contribution in [-0.4, -0.2) is 35.2 Å². The molecule has 0 bridgehead atoms. The van der Waals surface area contributed by atoms with Crippen LogP contribution in [0.1, 0.15) is 0 Å². The molecule has 0 fully saturated rings. The molecule has 0 radical (unpaired) electrons. The van der Waals surface area contributed by atoms with Crippen molar-refractivity contribution in [3.8, 4) is 43.4 Å². The molecule has 9 nitrogen and oxygen atoms in total. The molecule has 0 spiro atoms. The number of thiazole rings is 2. The largest absolute Gasteiger partial charge is 0.304 e. The Morgan fingerprint density at radius 3 is 1.25 bits per heavy atom. The quantitative estimate of drug-likeness (QED) is 0.149. The van der Waals surface area contributed by atoms with Crippen molar-refractivity contribution >= 4 is 85.4 Å². The van der Waals surface area contributed by atoms with E-state index in [-0.39, 0.29) is 0 Å². The molecule has 0 saturated carbocycles. The molecular weight excluding hydrogens is 875 g/mol. The molecule has 14 heteroatoms. The van der Waals surface area contributed by atoms with Gasteiger partial charge in [-0.25, -0.2) is 9.97 Å². The molecular formula is C50H41N9S2Si3. The molecule has 0 atom stereocenters. The van der Waals surface area contributed by atoms with Crippen molar-refractivity contribution in [2.75, 3.05) is 4.90 Å². The number of nitrogens with zero attached hydrogens (tertiary/aromatic N) is 9. The second-order valence-corrected chi connectivity index (χ2v) is 30.3. The predicted molar refractivity (Wildman–Crippen MR) is 269 cm³/mol. The minimum atomic E-state index is -2.41. The van der Waals surface area contributed by atoms with Gasteiger partial charge in [0.05, 0.1) is 69.6 Å². The van der Waals surface area contributed by atoms with Crippen LogP contribution in [0.25, 0.3) is 63.8 Å². The lowest BCUT2D eigenvalue weighted by Gasteiger charge is -2.26. The Kier molecular flexibility index (Phi) is 8.75. The fraction of sp³-hybridized carbons (Fsp3) is 0.120. The van der Waals surface area contributed by atoms with Crippen molar-refractivity contribution in [3.63, 3.8) is 0 Å². The first-order valence-electron chi connectivity index (χ1n) is 21.4. The van der Waals surface area contributed by atoms with Crippen molar-refractivity contribution in [2.24, 2.45) is 27.9 Å². The molecule has 2 aromatic heterocycles. The third-order valence-electron chi connectivity index (χ3n) is 11.8. The number of aromatic nitrogens is 2. The van der Waals surface area contributed by atoms with Crippen LogP contribution < -0.4 is 37.0 Å². The van der Waals surface area contributed by atoms with E-state index in [1.165, 1.54) is 9.40 Å². The fourth-order valence-corrected chi connectivity index (χ4v) is 15.7. The lowest BCUT2D eigenvalue weighted by atomic mass is 10.0. The van der Waals surface area contributed by atoms with E-state index in [0.717, 1.165) is 104 Å². The number of para-hydroxylation sites is 2. The van der Waals surface area contributed by atoms with E-state index in [9.17, 15) is 0 Å². The number of fused-ring (bicyclic) bond motifs is 5. The smallest absolute Gasteiger partial charge is 0.298 e. The SMILES string of the molecule is C[Si]1(C)N=c2cccc(N(c3ccc(-c4ccc(-c5nc6ccccc6s5)cc4)c4c3=N[Si](C)(C)N=4)c3ccc(-c4ccc(-c5nc6ccccc6s5)cc4)c4c3=N[Si](C)(C)N=4)c2=N1. The molecule has 12 rings (SSSR count). The molecule has 0 saturated heterocycles. The molecule has 310 valence electrons. The monoisotopic (exact) mass is 915 g/mol. The molecule has 64 heavy (non-hydrogen) atoms. The van der Waals surface area contributed by atoms with Gasteiger partial charge in [-0.05, 0) is 98.9 Å². The zero-order chi connectivity index (χ0) is 43.5. The number of hydrogen-bond acceptors (Lipinski definition) is 11. The topological polar surface area (TPSA) is 103 Å². The minimum Gasteiger partial charge on any atom is -0.304 e. The van der Waals surface area contributed by atoms with Gasteiger partial charge in [-0.15, -0.1) is 22.7 Å². The van der Waals surface area contributed by atoms with E-state index in [0.29, 0.717) is 0 Å². The summed E-state index contributed by atoms with van der Waals surface area (Å²) in [6.07, 6.45) is 0. The van der Waals surface area contributed by atoms with Crippen LogP contribution in [0.2, 0.25) is 39.3 Å². The van der Waals surface area contributed by atoms with Gasteiger partial charge in [0, 0.05) is 22.3 Å². The lowest BCUT2D eigenvalue weighted by molar-refractivity contribution is 1.17. The lowest BCUT2D eigenvalue weighted by Crippen LogP contribution is -2.38. The van der Waals surface area contributed by atoms with Gasteiger partial charge >= 0.3 is 0 Å². The first-order chi connectivity index (χ1) is 30.9. The van der Waals surface area contributed by atoms with Crippen molar-refractivity contribution in [2.45, 2.75) is 39.3 Å². The summed E-state index contributed by atoms with van der Waals surface area (Å²) in [5.74, 6) is 0. The number of benzene rings is 7. The van der Waals surface area contributed by atoms with Crippen LogP contribution >= 0.6 is 22.7 Å². The average molecular weight is 916 g/mol. The molecule has 3 aliphatic heterocycles. The van der Waals surface area contributed by atoms with Gasteiger partial charge in [0.25, 0.3) is 25.2 Å². The third kappa shape index (κ3) is 6.67. The molecule has 0 aliphatic carbocycles. The maximum absolute atomic E-state index is 5.52. The Labute approximate surface area is 380 Å². The van der Waals surface area contributed by atoms with Gasteiger partial charge in [-0.3, -0.25) is 27.9 Å². The van der Waals surface area contributed by atoms with Crippen molar-refractivity contribution in [1.29, 1.82) is 0 Å². The number of rotatable bonds is 7. The Hall–Kier alpha value is -6.43. The maximum Gasteiger partial charge on any atom is 0.298 e. The van der Waals surface area contributed by atoms with Crippen molar-refractivity contribution < 1.29 is 0 Å². The summed E-state index contributed by atoms with van der Waals surface area (Å²) in [6.45, 7) is 13.2. The van der Waals surface area contributed by atoms with Crippen molar-refractivity contribution in [1.82, 2.24) is 9.97 Å². The highest BCUT2D eigenvalue weighted by Crippen LogP contribution is 2.35. The molecule has 0 unspecified atom stereocenters. The first-order valence-corrected chi connectivity index (χ1v) is 31.7. The molecule has 9 aromatic rings. The Morgan fingerprint density at radius 1 is 0.359 bits per heavy atom. The summed E-state index contributed by atoms with van der Waals surface area (Å²) in [5.41, 5.74) is 11.4. The van der Waals surface area contributed by atoms with Crippen LogP contribution in [0.15, 0.2) is 167 Å². The molecule has 0 amide bonds. The maximum atomic E-state index is 5.52. The molecule has 7 aromatic carbocycles. The van der Waals surface area contributed by atoms with Crippen LogP contribution in [0, 0.1) is 0 Å². The van der Waals surface area contributed by atoms with E-state index in [1.54, 1.807) is 22.7 Å². The highest BCUT2D eigenvalue weighted by atomic mass is 32.1. The second kappa shape index (κ2) is 14.3. The van der Waals surface area contributed by atoms with Crippen LogP contribution in [0.4, 0.5) is 17.1 Å². The Morgan fingerprint density at radius 2 is 0.766 bits per heavy atom. The summed E-state index contributed by atoms with van der Waals surface area (Å²) in [5, 5.41) is 7.49. The zero-order valence-corrected chi connectivity index (χ0v) is 40.8. The van der Waals surface area contributed by atoms with E-state index in [2.05, 4.69) is 172 Å². The minimum absolute atomic E-state index is 0.892. The highest BCUT2D eigenvalue weighted by molar-refractivity contribution is 7.22. The first kappa shape index (κ1) is 39.2. The fourth-order valence-electron chi connectivity index (χ4n) is 9.02. The number of anilines is 3. The van der Waals surface area contributed by atoms with Crippen LogP contribution in [0.5, 0.6) is 0 Å². The van der Waals surface area contributed by atoms with Gasteiger partial charge < -0.3 is 4.90 Å². The molecule has 0 N–H and O–H groups in total. The van der Waals surface area contributed by atoms with E-state index >= 15 is 0 Å². The summed E-state index contributed by atoms with van der Waals surface area (Å²) in [7, 11) is -7.07. The predicted octanol–water partition coefficient (Wildman–Crippen LogP) is 9.91. The zero-order valence-electron chi connectivity index (χ0n) is 36.1. The third-order valence-corrected chi connectivity index (χ3v) is 18.6. The Bertz CT molecular complexity index is 3570. The van der Waals surface area contributed by atoms with Crippen molar-refractivity contribution in [3.05, 3.63) is 172 Å². The van der Waals surface area contributed by atoms with Crippen LogP contribution in [-0.2, 0) is 0 Å². The van der Waals surface area contributed by atoms with Gasteiger partial charge in [0.2, 0.25) is 0 Å². The van der Waals surface area contributed by atoms with Gasteiger partial charge in [-0.2, -0.15) is 0 Å². The summed E-state index contributed by atoms with van der Waals surface area (Å²) in [4.78, 5) is 12.2. The van der Waals surface area contributed by atoms with E-state index < -0.39 is 25.2 Å². The highest BCUT2D eigenvalue weighted by Gasteiger charge is 2.33. The molecule has 5 heterocycles. The molecule has 3 aliphatic rings. The summed E-state index contributed by atoms with van der Waals surface area (Å²) < 4.78 is 34.8. The van der Waals surface area contributed by atoms with E-state index in [4.69, 9.17) is 37.9 Å². The summed E-state index contributed by atoms with van der Waals surface area (Å²) >= 11 is 3.44. The Balaban J connectivity index is 1.03. The van der Waals surface area contributed by atoms with Gasteiger partial charge in [-0.1, -0.05) is 91.0 Å². The van der Waals surface area contributed by atoms with E-state index in [1.807, 2.05) is 12.1 Å². The standard InChI is InChI=1S/C50H41N9S2Si3/c1-62(2)53-38-14-11-15-39(46(38)56-62)59(40-28-26-34(44-47(40)57-63(3,4)54-44)30-18-22-32(23-19-30)49-51-36-12-7-9-16-42(36)60-49)41-29-27-35(45-48(41)58-64(5,6)55-45)31-20-24-33(25-21-31)50-52-37-13-8-10-17-43(37)61-50/h7-29H,1-6H3. The van der Waals surface area contributed by atoms with Gasteiger partial charge in [0.15, 0.2) is 0 Å².